The number of ether oxygens (including phenoxy) is 1. The summed E-state index contributed by atoms with van der Waals surface area (Å²) in [7, 11) is 0. The molecule has 0 radical (unpaired) electrons. The van der Waals surface area contributed by atoms with E-state index in [1.807, 2.05) is 0 Å². The van der Waals surface area contributed by atoms with Crippen LogP contribution in [0.15, 0.2) is 36.4 Å². The van der Waals surface area contributed by atoms with E-state index >= 15 is 0 Å². The van der Waals surface area contributed by atoms with Crippen LogP contribution in [0.4, 0.5) is 17.6 Å². The van der Waals surface area contributed by atoms with Crippen molar-refractivity contribution in [3.8, 4) is 11.3 Å². The molecule has 9 heteroatoms. The minimum atomic E-state index is -4.73. The standard InChI is InChI=1S/C17H13F4N3O2/c1-9(2)26-16(25)13-8-15-22-12(10-3-5-11(18)6-4-10)7-14(17(19,20)21)24(15)23-13/h3-9H,1-2H3. The molecule has 0 saturated carbocycles. The van der Waals surface area contributed by atoms with Gasteiger partial charge in [-0.05, 0) is 44.2 Å². The Kier molecular flexibility index (Phi) is 4.39. The first-order valence-electron chi connectivity index (χ1n) is 7.60. The quantitative estimate of drug-likeness (QED) is 0.516. The van der Waals surface area contributed by atoms with Crippen LogP contribution in [0.5, 0.6) is 0 Å². The monoisotopic (exact) mass is 367 g/mol. The first-order chi connectivity index (χ1) is 12.1. The second-order valence-corrected chi connectivity index (χ2v) is 5.78. The fraction of sp³-hybridized carbons (Fsp3) is 0.235. The largest absolute Gasteiger partial charge is 0.458 e. The van der Waals surface area contributed by atoms with Gasteiger partial charge in [0.15, 0.2) is 17.0 Å². The van der Waals surface area contributed by atoms with Gasteiger partial charge in [0.05, 0.1) is 11.8 Å². The highest BCUT2D eigenvalue weighted by molar-refractivity contribution is 5.88. The molecule has 3 rings (SSSR count). The van der Waals surface area contributed by atoms with Gasteiger partial charge in [-0.2, -0.15) is 18.3 Å². The first kappa shape index (κ1) is 17.8. The molecule has 0 N–H and O–H groups in total. The van der Waals surface area contributed by atoms with E-state index in [1.165, 1.54) is 12.1 Å². The van der Waals surface area contributed by atoms with E-state index in [0.717, 1.165) is 24.3 Å². The van der Waals surface area contributed by atoms with Gasteiger partial charge < -0.3 is 4.74 Å². The number of alkyl halides is 3. The molecular formula is C17H13F4N3O2. The highest BCUT2D eigenvalue weighted by atomic mass is 19.4. The molecule has 0 aliphatic heterocycles. The SMILES string of the molecule is CC(C)OC(=O)c1cc2nc(-c3ccc(F)cc3)cc(C(F)(F)F)n2n1. The van der Waals surface area contributed by atoms with Crippen LogP contribution in [-0.2, 0) is 10.9 Å². The van der Waals surface area contributed by atoms with Crippen molar-refractivity contribution in [3.63, 3.8) is 0 Å². The second kappa shape index (κ2) is 6.40. The summed E-state index contributed by atoms with van der Waals surface area (Å²) in [6.07, 6.45) is -5.18. The average molecular weight is 367 g/mol. The van der Waals surface area contributed by atoms with Crippen molar-refractivity contribution >= 4 is 11.6 Å². The van der Waals surface area contributed by atoms with Gasteiger partial charge in [-0.25, -0.2) is 18.7 Å². The van der Waals surface area contributed by atoms with E-state index in [9.17, 15) is 22.4 Å². The van der Waals surface area contributed by atoms with E-state index in [1.54, 1.807) is 13.8 Å². The molecule has 3 aromatic rings. The fourth-order valence-corrected chi connectivity index (χ4v) is 2.32. The first-order valence-corrected chi connectivity index (χ1v) is 7.60. The molecule has 0 fully saturated rings. The van der Waals surface area contributed by atoms with Gasteiger partial charge >= 0.3 is 12.1 Å². The highest BCUT2D eigenvalue weighted by Crippen LogP contribution is 2.32. The van der Waals surface area contributed by atoms with E-state index < -0.39 is 29.8 Å². The molecule has 1 aromatic carbocycles. The van der Waals surface area contributed by atoms with Gasteiger partial charge in [0.25, 0.3) is 0 Å². The Hall–Kier alpha value is -2.97. The van der Waals surface area contributed by atoms with Crippen LogP contribution >= 0.6 is 0 Å². The van der Waals surface area contributed by atoms with Crippen LogP contribution in [0, 0.1) is 5.82 Å². The second-order valence-electron chi connectivity index (χ2n) is 5.78. The zero-order chi connectivity index (χ0) is 19.1. The lowest BCUT2D eigenvalue weighted by atomic mass is 10.1. The molecule has 0 amide bonds. The van der Waals surface area contributed by atoms with Crippen molar-refractivity contribution in [2.24, 2.45) is 0 Å². The normalized spacial score (nSPS) is 12.0. The van der Waals surface area contributed by atoms with Crippen molar-refractivity contribution in [2.45, 2.75) is 26.1 Å². The van der Waals surface area contributed by atoms with Crippen molar-refractivity contribution in [2.75, 3.05) is 0 Å². The zero-order valence-corrected chi connectivity index (χ0v) is 13.7. The van der Waals surface area contributed by atoms with E-state index in [4.69, 9.17) is 4.74 Å². The third-order valence-corrected chi connectivity index (χ3v) is 3.41. The number of benzene rings is 1. The van der Waals surface area contributed by atoms with Crippen molar-refractivity contribution in [1.29, 1.82) is 0 Å². The number of carbonyl (C=O) groups is 1. The summed E-state index contributed by atoms with van der Waals surface area (Å²) in [6.45, 7) is 3.22. The Labute approximate surface area is 145 Å². The molecular weight excluding hydrogens is 354 g/mol. The van der Waals surface area contributed by atoms with Crippen LogP contribution in [0.1, 0.15) is 30.0 Å². The minimum Gasteiger partial charge on any atom is -0.458 e. The van der Waals surface area contributed by atoms with Crippen LogP contribution in [-0.4, -0.2) is 26.7 Å². The summed E-state index contributed by atoms with van der Waals surface area (Å²) >= 11 is 0. The summed E-state index contributed by atoms with van der Waals surface area (Å²) in [5.74, 6) is -1.36. The lowest BCUT2D eigenvalue weighted by Crippen LogP contribution is -2.15. The number of rotatable bonds is 3. The zero-order valence-electron chi connectivity index (χ0n) is 13.7. The summed E-state index contributed by atoms with van der Waals surface area (Å²) < 4.78 is 58.9. The Morgan fingerprint density at radius 1 is 1.15 bits per heavy atom. The van der Waals surface area contributed by atoms with Crippen molar-refractivity contribution < 1.29 is 27.1 Å². The molecule has 26 heavy (non-hydrogen) atoms. The molecule has 2 heterocycles. The maximum absolute atomic E-state index is 13.4. The van der Waals surface area contributed by atoms with Crippen molar-refractivity contribution in [1.82, 2.24) is 14.6 Å². The molecule has 0 aliphatic rings. The fourth-order valence-electron chi connectivity index (χ4n) is 2.32. The molecule has 0 bridgehead atoms. The van der Waals surface area contributed by atoms with Gasteiger partial charge in [-0.15, -0.1) is 0 Å². The van der Waals surface area contributed by atoms with Crippen LogP contribution < -0.4 is 0 Å². The number of nitrogens with zero attached hydrogens (tertiary/aromatic N) is 3. The average Bonchev–Trinajstić information content (AvgIpc) is 2.97. The predicted octanol–water partition coefficient (Wildman–Crippen LogP) is 4.12. The predicted molar refractivity (Wildman–Crippen MR) is 83.9 cm³/mol. The molecule has 0 saturated heterocycles. The molecule has 2 aromatic heterocycles. The van der Waals surface area contributed by atoms with E-state index in [2.05, 4.69) is 10.1 Å². The molecule has 0 atom stereocenters. The van der Waals surface area contributed by atoms with E-state index in [0.29, 0.717) is 10.1 Å². The lowest BCUT2D eigenvalue weighted by Gasteiger charge is -2.11. The summed E-state index contributed by atoms with van der Waals surface area (Å²) in [5.41, 5.74) is -1.28. The molecule has 136 valence electrons. The Bertz CT molecular complexity index is 963. The molecule has 5 nitrogen and oxygen atoms in total. The maximum atomic E-state index is 13.4. The summed E-state index contributed by atoms with van der Waals surface area (Å²) in [4.78, 5) is 16.0. The Morgan fingerprint density at radius 3 is 2.38 bits per heavy atom. The Balaban J connectivity index is 2.17. The topological polar surface area (TPSA) is 56.5 Å². The molecule has 0 spiro atoms. The minimum absolute atomic E-state index is 0.0199. The number of halogens is 4. The molecule has 0 aliphatic carbocycles. The van der Waals surface area contributed by atoms with Gasteiger partial charge in [0, 0.05) is 11.6 Å². The number of carbonyl (C=O) groups excluding carboxylic acids is 1. The third-order valence-electron chi connectivity index (χ3n) is 3.41. The summed E-state index contributed by atoms with van der Waals surface area (Å²) in [6, 6.07) is 6.79. The number of aromatic nitrogens is 3. The van der Waals surface area contributed by atoms with Gasteiger partial charge in [0.1, 0.15) is 5.82 Å². The van der Waals surface area contributed by atoms with Crippen molar-refractivity contribution in [3.05, 3.63) is 53.6 Å². The van der Waals surface area contributed by atoms with Crippen LogP contribution in [0.3, 0.4) is 0 Å². The van der Waals surface area contributed by atoms with Crippen LogP contribution in [0.2, 0.25) is 0 Å². The summed E-state index contributed by atoms with van der Waals surface area (Å²) in [5, 5.41) is 3.68. The number of fused-ring (bicyclic) bond motifs is 1. The number of hydrogen-bond acceptors (Lipinski definition) is 4. The van der Waals surface area contributed by atoms with Gasteiger partial charge in [-0.1, -0.05) is 0 Å². The van der Waals surface area contributed by atoms with E-state index in [-0.39, 0.29) is 17.0 Å². The number of hydrogen-bond donors (Lipinski definition) is 0. The smallest absolute Gasteiger partial charge is 0.433 e. The Morgan fingerprint density at radius 2 is 1.81 bits per heavy atom. The maximum Gasteiger partial charge on any atom is 0.433 e. The molecule has 0 unspecified atom stereocenters. The number of esters is 1. The highest BCUT2D eigenvalue weighted by Gasteiger charge is 2.35. The van der Waals surface area contributed by atoms with Crippen LogP contribution in [0.25, 0.3) is 16.9 Å². The third kappa shape index (κ3) is 3.51. The van der Waals surface area contributed by atoms with Gasteiger partial charge in [-0.3, -0.25) is 0 Å². The lowest BCUT2D eigenvalue weighted by molar-refractivity contribution is -0.142. The van der Waals surface area contributed by atoms with Gasteiger partial charge in [0.2, 0.25) is 0 Å².